The zero-order valence-corrected chi connectivity index (χ0v) is 19.5. The third-order valence-electron chi connectivity index (χ3n) is 5.42. The first kappa shape index (κ1) is 22.0. The van der Waals surface area contributed by atoms with Crippen LogP contribution in [0.1, 0.15) is 5.69 Å². The monoisotopic (exact) mass is 465 g/mol. The lowest BCUT2D eigenvalue weighted by Gasteiger charge is -2.00. The van der Waals surface area contributed by atoms with Crippen LogP contribution in [0.25, 0.3) is 16.9 Å². The van der Waals surface area contributed by atoms with Crippen LogP contribution in [-0.4, -0.2) is 28.8 Å². The van der Waals surface area contributed by atoms with E-state index < -0.39 is 0 Å². The molecule has 0 atom stereocenters. The van der Waals surface area contributed by atoms with Crippen molar-refractivity contribution in [2.75, 3.05) is 14.2 Å². The molecule has 0 aliphatic heterocycles. The SMILES string of the molecule is COc1ccc(N=Nc2c(C)[nH]n3c(N=Nc4ccc(OC)cc4)c(-c4ccccc4)nc23)cc1. The summed E-state index contributed by atoms with van der Waals surface area (Å²) >= 11 is 0. The first-order valence-electron chi connectivity index (χ1n) is 10.9. The second-order valence-corrected chi connectivity index (χ2v) is 7.69. The predicted molar refractivity (Wildman–Crippen MR) is 134 cm³/mol. The molecule has 0 bridgehead atoms. The zero-order chi connectivity index (χ0) is 24.2. The van der Waals surface area contributed by atoms with E-state index in [1.165, 1.54) is 0 Å². The van der Waals surface area contributed by atoms with Crippen molar-refractivity contribution in [3.63, 3.8) is 0 Å². The number of aryl methyl sites for hydroxylation is 1. The molecule has 0 radical (unpaired) electrons. The molecule has 0 amide bonds. The van der Waals surface area contributed by atoms with E-state index >= 15 is 0 Å². The molecule has 0 aliphatic rings. The molecule has 5 aromatic rings. The number of aromatic nitrogens is 3. The highest BCUT2D eigenvalue weighted by Crippen LogP contribution is 2.37. The van der Waals surface area contributed by atoms with Crippen LogP contribution in [0, 0.1) is 6.92 Å². The minimum absolute atomic E-state index is 0.566. The van der Waals surface area contributed by atoms with Crippen LogP contribution in [0.3, 0.4) is 0 Å². The van der Waals surface area contributed by atoms with Crippen molar-refractivity contribution in [2.45, 2.75) is 6.92 Å². The van der Waals surface area contributed by atoms with Crippen molar-refractivity contribution < 1.29 is 9.47 Å². The molecule has 174 valence electrons. The molecule has 9 heteroatoms. The van der Waals surface area contributed by atoms with Crippen molar-refractivity contribution in [1.82, 2.24) is 14.6 Å². The van der Waals surface area contributed by atoms with Gasteiger partial charge in [-0.2, -0.15) is 5.11 Å². The third-order valence-corrected chi connectivity index (χ3v) is 5.42. The number of nitrogens with zero attached hydrogens (tertiary/aromatic N) is 6. The zero-order valence-electron chi connectivity index (χ0n) is 19.5. The summed E-state index contributed by atoms with van der Waals surface area (Å²) in [6.45, 7) is 1.92. The van der Waals surface area contributed by atoms with Crippen LogP contribution in [0.4, 0.5) is 22.9 Å². The fraction of sp³-hybridized carbons (Fsp3) is 0.115. The average molecular weight is 466 g/mol. The van der Waals surface area contributed by atoms with Crippen molar-refractivity contribution in [2.24, 2.45) is 20.5 Å². The number of methoxy groups -OCH3 is 2. The summed E-state index contributed by atoms with van der Waals surface area (Å²) in [5.41, 5.74) is 5.07. The predicted octanol–water partition coefficient (Wildman–Crippen LogP) is 7.49. The maximum Gasteiger partial charge on any atom is 0.202 e. The van der Waals surface area contributed by atoms with Gasteiger partial charge in [0.2, 0.25) is 5.82 Å². The number of nitrogens with one attached hydrogen (secondary N) is 1. The number of hydrogen-bond donors (Lipinski definition) is 1. The first-order valence-corrected chi connectivity index (χ1v) is 10.9. The number of ether oxygens (including phenoxy) is 2. The fourth-order valence-corrected chi connectivity index (χ4v) is 3.58. The highest BCUT2D eigenvalue weighted by molar-refractivity contribution is 5.79. The Bertz CT molecular complexity index is 1500. The van der Waals surface area contributed by atoms with Gasteiger partial charge in [-0.1, -0.05) is 30.3 Å². The van der Waals surface area contributed by atoms with E-state index in [4.69, 9.17) is 14.5 Å². The number of hydrogen-bond acceptors (Lipinski definition) is 7. The molecule has 0 aliphatic carbocycles. The van der Waals surface area contributed by atoms with Crippen LogP contribution < -0.4 is 9.47 Å². The summed E-state index contributed by atoms with van der Waals surface area (Å²) in [6, 6.07) is 24.6. The highest BCUT2D eigenvalue weighted by atomic mass is 16.5. The van der Waals surface area contributed by atoms with Gasteiger partial charge < -0.3 is 9.47 Å². The van der Waals surface area contributed by atoms with Crippen LogP contribution in [0.15, 0.2) is 99.3 Å². The van der Waals surface area contributed by atoms with Crippen molar-refractivity contribution >= 4 is 28.5 Å². The van der Waals surface area contributed by atoms with E-state index in [2.05, 4.69) is 25.6 Å². The Kier molecular flexibility index (Phi) is 6.04. The smallest absolute Gasteiger partial charge is 0.202 e. The molecule has 9 nitrogen and oxygen atoms in total. The summed E-state index contributed by atoms with van der Waals surface area (Å²) in [4.78, 5) is 4.87. The minimum Gasteiger partial charge on any atom is -0.497 e. The normalized spacial score (nSPS) is 11.6. The van der Waals surface area contributed by atoms with E-state index in [0.29, 0.717) is 34.2 Å². The number of imidazole rings is 1. The van der Waals surface area contributed by atoms with Crippen molar-refractivity contribution in [3.05, 3.63) is 84.6 Å². The van der Waals surface area contributed by atoms with Crippen LogP contribution in [0.2, 0.25) is 0 Å². The summed E-state index contributed by atoms with van der Waals surface area (Å²) < 4.78 is 12.2. The Morgan fingerprint density at radius 2 is 1.29 bits per heavy atom. The molecule has 2 heterocycles. The summed E-state index contributed by atoms with van der Waals surface area (Å²) in [5, 5.41) is 21.2. The van der Waals surface area contributed by atoms with Gasteiger partial charge in [-0.25, -0.2) is 9.50 Å². The molecule has 2 aromatic heterocycles. The van der Waals surface area contributed by atoms with Gasteiger partial charge in [0.1, 0.15) is 17.2 Å². The molecule has 0 saturated heterocycles. The average Bonchev–Trinajstić information content (AvgIpc) is 3.41. The second-order valence-electron chi connectivity index (χ2n) is 7.69. The van der Waals surface area contributed by atoms with Crippen LogP contribution in [-0.2, 0) is 0 Å². The lowest BCUT2D eigenvalue weighted by atomic mass is 10.1. The number of fused-ring (bicyclic) bond motifs is 1. The number of benzene rings is 3. The standard InChI is InChI=1S/C26H23N7O2/c1-17-23(30-28-19-9-13-21(34-2)14-10-19)25-27-24(18-7-5-4-6-8-18)26(33(25)32-17)31-29-20-11-15-22(35-3)16-12-20/h4-16,32H,1-3H3. The third kappa shape index (κ3) is 4.51. The Hall–Kier alpha value is -4.79. The fourth-order valence-electron chi connectivity index (χ4n) is 3.58. The maximum absolute atomic E-state index is 5.22. The molecule has 5 rings (SSSR count). The van der Waals surface area contributed by atoms with Crippen LogP contribution in [0.5, 0.6) is 11.5 Å². The van der Waals surface area contributed by atoms with E-state index in [-0.39, 0.29) is 0 Å². The second kappa shape index (κ2) is 9.60. The van der Waals surface area contributed by atoms with Gasteiger partial charge in [-0.05, 0) is 55.5 Å². The van der Waals surface area contributed by atoms with Gasteiger partial charge in [0, 0.05) is 5.56 Å². The largest absolute Gasteiger partial charge is 0.497 e. The molecule has 1 N–H and O–H groups in total. The van der Waals surface area contributed by atoms with Gasteiger partial charge in [0.15, 0.2) is 11.3 Å². The number of aromatic amines is 1. The molecular weight excluding hydrogens is 442 g/mol. The van der Waals surface area contributed by atoms with Gasteiger partial charge in [0.25, 0.3) is 0 Å². The summed E-state index contributed by atoms with van der Waals surface area (Å²) in [5.74, 6) is 2.08. The van der Waals surface area contributed by atoms with Crippen molar-refractivity contribution in [1.29, 1.82) is 0 Å². The Balaban J connectivity index is 1.58. The summed E-state index contributed by atoms with van der Waals surface area (Å²) in [7, 11) is 3.26. The van der Waals surface area contributed by atoms with E-state index in [0.717, 1.165) is 22.8 Å². The molecule has 0 spiro atoms. The molecule has 0 unspecified atom stereocenters. The van der Waals surface area contributed by atoms with Gasteiger partial charge in [-0.3, -0.25) is 5.10 Å². The molecule has 35 heavy (non-hydrogen) atoms. The lowest BCUT2D eigenvalue weighted by molar-refractivity contribution is 0.414. The number of rotatable bonds is 7. The highest BCUT2D eigenvalue weighted by Gasteiger charge is 2.20. The first-order chi connectivity index (χ1) is 17.2. The lowest BCUT2D eigenvalue weighted by Crippen LogP contribution is -1.84. The molecule has 0 fully saturated rings. The van der Waals surface area contributed by atoms with Gasteiger partial charge >= 0.3 is 0 Å². The topological polar surface area (TPSA) is 101 Å². The number of H-pyrrole nitrogens is 1. The van der Waals surface area contributed by atoms with E-state index in [1.807, 2.05) is 85.8 Å². The molecule has 0 saturated carbocycles. The Labute approximate surface area is 201 Å². The Morgan fingerprint density at radius 1 is 0.714 bits per heavy atom. The number of azo groups is 2. The summed E-state index contributed by atoms with van der Waals surface area (Å²) in [6.07, 6.45) is 0. The van der Waals surface area contributed by atoms with Crippen molar-refractivity contribution in [3.8, 4) is 22.8 Å². The van der Waals surface area contributed by atoms with Gasteiger partial charge in [-0.15, -0.1) is 15.3 Å². The van der Waals surface area contributed by atoms with E-state index in [9.17, 15) is 0 Å². The van der Waals surface area contributed by atoms with Gasteiger partial charge in [0.05, 0.1) is 31.3 Å². The minimum atomic E-state index is 0.566. The molecular formula is C26H23N7O2. The Morgan fingerprint density at radius 3 is 1.86 bits per heavy atom. The van der Waals surface area contributed by atoms with Crippen LogP contribution >= 0.6 is 0 Å². The quantitative estimate of drug-likeness (QED) is 0.252. The van der Waals surface area contributed by atoms with E-state index in [1.54, 1.807) is 18.7 Å². The maximum atomic E-state index is 5.22. The molecule has 3 aromatic carbocycles.